The van der Waals surface area contributed by atoms with E-state index in [0.717, 1.165) is 12.1 Å². The molecule has 0 unspecified atom stereocenters. The molecule has 6 nitrogen and oxygen atoms in total. The van der Waals surface area contributed by atoms with Gasteiger partial charge in [0.1, 0.15) is 11.4 Å². The predicted octanol–water partition coefficient (Wildman–Crippen LogP) is 2.59. The standard InChI is InChI=1S/C18H21ClN4O2/c1-12-13(19)6-4-7-14(12)22-18(25)16-9-5-8-15(21-16)17(24)20-10-11-23(2)3/h4-9H,10-11H2,1-3H3,(H,20,24)(H,22,25). The number of likely N-dealkylation sites (N-methyl/N-ethyl adjacent to an activating group) is 1. The summed E-state index contributed by atoms with van der Waals surface area (Å²) in [6.07, 6.45) is 0. The molecule has 2 rings (SSSR count). The van der Waals surface area contributed by atoms with Gasteiger partial charge >= 0.3 is 0 Å². The number of pyridine rings is 1. The normalized spacial score (nSPS) is 10.6. The number of amides is 2. The van der Waals surface area contributed by atoms with Crippen LogP contribution in [0.25, 0.3) is 0 Å². The number of hydrogen-bond acceptors (Lipinski definition) is 4. The molecule has 0 radical (unpaired) electrons. The van der Waals surface area contributed by atoms with Gasteiger partial charge in [-0.3, -0.25) is 9.59 Å². The lowest BCUT2D eigenvalue weighted by atomic mass is 10.2. The summed E-state index contributed by atoms with van der Waals surface area (Å²) >= 11 is 6.06. The van der Waals surface area contributed by atoms with Crippen LogP contribution in [-0.4, -0.2) is 48.9 Å². The highest BCUT2D eigenvalue weighted by atomic mass is 35.5. The van der Waals surface area contributed by atoms with E-state index in [1.165, 1.54) is 0 Å². The SMILES string of the molecule is Cc1c(Cl)cccc1NC(=O)c1cccc(C(=O)NCCN(C)C)n1. The summed E-state index contributed by atoms with van der Waals surface area (Å²) < 4.78 is 0. The quantitative estimate of drug-likeness (QED) is 0.830. The number of nitrogens with zero attached hydrogens (tertiary/aromatic N) is 2. The Hall–Kier alpha value is -2.44. The lowest BCUT2D eigenvalue weighted by Gasteiger charge is -2.11. The van der Waals surface area contributed by atoms with E-state index in [1.54, 1.807) is 36.4 Å². The van der Waals surface area contributed by atoms with Crippen molar-refractivity contribution >= 4 is 29.1 Å². The van der Waals surface area contributed by atoms with Gasteiger partial charge in [-0.15, -0.1) is 0 Å². The molecule has 25 heavy (non-hydrogen) atoms. The molecule has 0 saturated carbocycles. The molecule has 2 amide bonds. The first-order valence-corrected chi connectivity index (χ1v) is 8.22. The van der Waals surface area contributed by atoms with E-state index in [1.807, 2.05) is 25.9 Å². The van der Waals surface area contributed by atoms with Crippen LogP contribution in [0.2, 0.25) is 5.02 Å². The molecule has 0 bridgehead atoms. The van der Waals surface area contributed by atoms with Gasteiger partial charge in [-0.05, 0) is 50.8 Å². The van der Waals surface area contributed by atoms with E-state index in [-0.39, 0.29) is 17.3 Å². The van der Waals surface area contributed by atoms with Gasteiger partial charge in [-0.2, -0.15) is 0 Å². The summed E-state index contributed by atoms with van der Waals surface area (Å²) in [6, 6.07) is 10.0. The number of nitrogens with one attached hydrogen (secondary N) is 2. The van der Waals surface area contributed by atoms with E-state index in [0.29, 0.717) is 17.3 Å². The van der Waals surface area contributed by atoms with Crippen molar-refractivity contribution in [3.05, 3.63) is 58.4 Å². The average Bonchev–Trinajstić information content (AvgIpc) is 2.58. The highest BCUT2D eigenvalue weighted by Gasteiger charge is 2.13. The van der Waals surface area contributed by atoms with Crippen molar-refractivity contribution in [1.29, 1.82) is 0 Å². The third kappa shape index (κ3) is 5.27. The first-order chi connectivity index (χ1) is 11.9. The van der Waals surface area contributed by atoms with Crippen molar-refractivity contribution in [1.82, 2.24) is 15.2 Å². The Bertz CT molecular complexity index is 777. The Morgan fingerprint density at radius 2 is 1.72 bits per heavy atom. The smallest absolute Gasteiger partial charge is 0.274 e. The van der Waals surface area contributed by atoms with Crippen LogP contribution in [0.1, 0.15) is 26.5 Å². The fourth-order valence-electron chi connectivity index (χ4n) is 2.10. The fourth-order valence-corrected chi connectivity index (χ4v) is 2.28. The molecule has 7 heteroatoms. The molecule has 1 heterocycles. The summed E-state index contributed by atoms with van der Waals surface area (Å²) in [5.74, 6) is -0.705. The highest BCUT2D eigenvalue weighted by molar-refractivity contribution is 6.31. The number of anilines is 1. The molecule has 2 N–H and O–H groups in total. The Morgan fingerprint density at radius 3 is 2.40 bits per heavy atom. The van der Waals surface area contributed by atoms with E-state index in [2.05, 4.69) is 15.6 Å². The predicted molar refractivity (Wildman–Crippen MR) is 99.3 cm³/mol. The van der Waals surface area contributed by atoms with Crippen molar-refractivity contribution in [3.8, 4) is 0 Å². The van der Waals surface area contributed by atoms with Gasteiger partial charge in [-0.25, -0.2) is 4.98 Å². The largest absolute Gasteiger partial charge is 0.349 e. The zero-order valence-electron chi connectivity index (χ0n) is 14.5. The minimum Gasteiger partial charge on any atom is -0.349 e. The summed E-state index contributed by atoms with van der Waals surface area (Å²) in [5.41, 5.74) is 1.75. The molecule has 0 atom stereocenters. The van der Waals surface area contributed by atoms with E-state index >= 15 is 0 Å². The van der Waals surface area contributed by atoms with Crippen molar-refractivity contribution in [3.63, 3.8) is 0 Å². The molecule has 0 spiro atoms. The second-order valence-electron chi connectivity index (χ2n) is 5.83. The van der Waals surface area contributed by atoms with Gasteiger partial charge in [-0.1, -0.05) is 23.7 Å². The average molecular weight is 361 g/mol. The van der Waals surface area contributed by atoms with Crippen LogP contribution in [0.5, 0.6) is 0 Å². The maximum absolute atomic E-state index is 12.4. The maximum Gasteiger partial charge on any atom is 0.274 e. The number of hydrogen-bond donors (Lipinski definition) is 2. The molecule has 2 aromatic rings. The van der Waals surface area contributed by atoms with Crippen LogP contribution in [-0.2, 0) is 0 Å². The van der Waals surface area contributed by atoms with Gasteiger partial charge in [0, 0.05) is 23.8 Å². The van der Waals surface area contributed by atoms with E-state index < -0.39 is 5.91 Å². The second kappa shape index (κ2) is 8.60. The molecule has 0 aliphatic carbocycles. The minimum absolute atomic E-state index is 0.166. The van der Waals surface area contributed by atoms with Crippen molar-refractivity contribution < 1.29 is 9.59 Å². The molecule has 132 valence electrons. The number of carbonyl (C=O) groups excluding carboxylic acids is 2. The summed E-state index contributed by atoms with van der Waals surface area (Å²) in [5, 5.41) is 6.11. The molecule has 1 aromatic heterocycles. The number of carbonyl (C=O) groups is 2. The van der Waals surface area contributed by atoms with Crippen LogP contribution in [0, 0.1) is 6.92 Å². The Balaban J connectivity index is 2.08. The van der Waals surface area contributed by atoms with Crippen LogP contribution >= 0.6 is 11.6 Å². The summed E-state index contributed by atoms with van der Waals surface area (Å²) in [6.45, 7) is 3.05. The molecule has 0 aliphatic rings. The number of rotatable bonds is 6. The van der Waals surface area contributed by atoms with Gasteiger partial charge in [0.25, 0.3) is 11.8 Å². The first kappa shape index (κ1) is 18.9. The monoisotopic (exact) mass is 360 g/mol. The van der Waals surface area contributed by atoms with Crippen molar-refractivity contribution in [2.24, 2.45) is 0 Å². The molecular weight excluding hydrogens is 340 g/mol. The van der Waals surface area contributed by atoms with Crippen molar-refractivity contribution in [2.45, 2.75) is 6.92 Å². The van der Waals surface area contributed by atoms with Gasteiger partial charge in [0.05, 0.1) is 0 Å². The zero-order valence-corrected chi connectivity index (χ0v) is 15.2. The van der Waals surface area contributed by atoms with Crippen LogP contribution in [0.15, 0.2) is 36.4 Å². The fraction of sp³-hybridized carbons (Fsp3) is 0.278. The first-order valence-electron chi connectivity index (χ1n) is 7.85. The summed E-state index contributed by atoms with van der Waals surface area (Å²) in [7, 11) is 3.85. The van der Waals surface area contributed by atoms with Crippen LogP contribution in [0.3, 0.4) is 0 Å². The third-order valence-corrected chi connectivity index (χ3v) is 3.98. The molecule has 0 saturated heterocycles. The lowest BCUT2D eigenvalue weighted by molar-refractivity contribution is 0.0946. The maximum atomic E-state index is 12.4. The zero-order chi connectivity index (χ0) is 18.4. The molecule has 1 aromatic carbocycles. The van der Waals surface area contributed by atoms with Gasteiger partial charge in [0.15, 0.2) is 0 Å². The minimum atomic E-state index is -0.395. The molecule has 0 aliphatic heterocycles. The van der Waals surface area contributed by atoms with E-state index in [4.69, 9.17) is 11.6 Å². The van der Waals surface area contributed by atoms with E-state index in [9.17, 15) is 9.59 Å². The Morgan fingerprint density at radius 1 is 1.08 bits per heavy atom. The number of halogens is 1. The Labute approximate surface area is 152 Å². The van der Waals surface area contributed by atoms with Gasteiger partial charge in [0.2, 0.25) is 0 Å². The molecule has 0 fully saturated rings. The number of benzene rings is 1. The number of aromatic nitrogens is 1. The van der Waals surface area contributed by atoms with Crippen LogP contribution in [0.4, 0.5) is 5.69 Å². The third-order valence-electron chi connectivity index (χ3n) is 3.57. The molecular formula is C18H21ClN4O2. The van der Waals surface area contributed by atoms with Crippen LogP contribution < -0.4 is 10.6 Å². The summed E-state index contributed by atoms with van der Waals surface area (Å²) in [4.78, 5) is 30.6. The van der Waals surface area contributed by atoms with Gasteiger partial charge < -0.3 is 15.5 Å². The van der Waals surface area contributed by atoms with Crippen molar-refractivity contribution in [2.75, 3.05) is 32.5 Å². The topological polar surface area (TPSA) is 74.3 Å². The second-order valence-corrected chi connectivity index (χ2v) is 6.24. The lowest BCUT2D eigenvalue weighted by Crippen LogP contribution is -2.32. The highest BCUT2D eigenvalue weighted by Crippen LogP contribution is 2.23. The Kier molecular flexibility index (Phi) is 6.50.